The lowest BCUT2D eigenvalue weighted by atomic mass is 9.91. The van der Waals surface area contributed by atoms with Gasteiger partial charge in [0, 0.05) is 16.6 Å². The van der Waals surface area contributed by atoms with Crippen molar-refractivity contribution in [3.8, 4) is 16.9 Å². The monoisotopic (exact) mass is 513 g/mol. The molecule has 39 heavy (non-hydrogen) atoms. The number of hydrogen-bond acceptors (Lipinski definition) is 4. The number of nitrogens with two attached hydrogens (primary N) is 1. The molecule has 0 radical (unpaired) electrons. The Morgan fingerprint density at radius 3 is 2.18 bits per heavy atom. The molecule has 5 rings (SSSR count). The predicted molar refractivity (Wildman–Crippen MR) is 163 cm³/mol. The van der Waals surface area contributed by atoms with E-state index in [1.807, 2.05) is 54.6 Å². The first-order valence-electron chi connectivity index (χ1n) is 13.7. The van der Waals surface area contributed by atoms with Crippen LogP contribution in [-0.2, 0) is 6.42 Å². The maximum absolute atomic E-state index is 6.76. The Hall–Kier alpha value is -4.44. The summed E-state index contributed by atoms with van der Waals surface area (Å²) in [6, 6.07) is 36.9. The number of ether oxygens (including phenoxy) is 1. The van der Waals surface area contributed by atoms with E-state index < -0.39 is 0 Å². The Kier molecular flexibility index (Phi) is 8.33. The molecule has 0 fully saturated rings. The van der Waals surface area contributed by atoms with Gasteiger partial charge in [-0.05, 0) is 83.7 Å². The molecule has 0 unspecified atom stereocenters. The first-order chi connectivity index (χ1) is 19.1. The van der Waals surface area contributed by atoms with Gasteiger partial charge in [-0.25, -0.2) is 0 Å². The molecule has 5 aromatic carbocycles. The van der Waals surface area contributed by atoms with Gasteiger partial charge in [-0.15, -0.1) is 5.11 Å². The second-order valence-corrected chi connectivity index (χ2v) is 10.3. The summed E-state index contributed by atoms with van der Waals surface area (Å²) in [4.78, 5) is 0. The molecule has 2 N–H and O–H groups in total. The maximum Gasteiger partial charge on any atom is 0.119 e. The quantitative estimate of drug-likeness (QED) is 0.115. The van der Waals surface area contributed by atoms with Crippen LogP contribution in [0.3, 0.4) is 0 Å². The minimum absolute atomic E-state index is 0.701. The second kappa shape index (κ2) is 12.4. The van der Waals surface area contributed by atoms with E-state index in [1.54, 1.807) is 0 Å². The van der Waals surface area contributed by atoms with Crippen molar-refractivity contribution in [2.45, 2.75) is 33.1 Å². The molecular weight excluding hydrogens is 478 g/mol. The zero-order valence-electron chi connectivity index (χ0n) is 22.7. The number of hydrogen-bond donors (Lipinski definition) is 1. The van der Waals surface area contributed by atoms with Crippen LogP contribution in [0.5, 0.6) is 5.75 Å². The van der Waals surface area contributed by atoms with E-state index in [1.165, 1.54) is 12.0 Å². The van der Waals surface area contributed by atoms with Gasteiger partial charge in [0.25, 0.3) is 0 Å². The summed E-state index contributed by atoms with van der Waals surface area (Å²) in [5, 5.41) is 11.3. The maximum atomic E-state index is 6.76. The molecule has 0 aliphatic heterocycles. The summed E-state index contributed by atoms with van der Waals surface area (Å²) in [5.74, 6) is 1.61. The van der Waals surface area contributed by atoms with E-state index in [9.17, 15) is 0 Å². The highest BCUT2D eigenvalue weighted by atomic mass is 16.5. The molecule has 196 valence electrons. The van der Waals surface area contributed by atoms with Gasteiger partial charge < -0.3 is 10.5 Å². The van der Waals surface area contributed by atoms with Crippen molar-refractivity contribution in [1.82, 2.24) is 0 Å². The highest BCUT2D eigenvalue weighted by molar-refractivity contribution is 6.05. The minimum Gasteiger partial charge on any atom is -0.494 e. The van der Waals surface area contributed by atoms with Crippen molar-refractivity contribution in [2.24, 2.45) is 16.1 Å². The molecule has 0 saturated heterocycles. The summed E-state index contributed by atoms with van der Waals surface area (Å²) >= 11 is 0. The van der Waals surface area contributed by atoms with Crippen molar-refractivity contribution in [1.29, 1.82) is 0 Å². The van der Waals surface area contributed by atoms with Crippen molar-refractivity contribution in [3.63, 3.8) is 0 Å². The van der Waals surface area contributed by atoms with Crippen molar-refractivity contribution < 1.29 is 4.74 Å². The molecule has 4 nitrogen and oxygen atoms in total. The van der Waals surface area contributed by atoms with E-state index in [-0.39, 0.29) is 0 Å². The average molecular weight is 514 g/mol. The molecule has 0 saturated carbocycles. The molecule has 0 heterocycles. The van der Waals surface area contributed by atoms with Gasteiger partial charge in [0.15, 0.2) is 0 Å². The molecule has 0 bridgehead atoms. The van der Waals surface area contributed by atoms with Gasteiger partial charge in [-0.1, -0.05) is 86.6 Å². The molecule has 5 aromatic rings. The van der Waals surface area contributed by atoms with Crippen LogP contribution in [0.25, 0.3) is 21.9 Å². The lowest BCUT2D eigenvalue weighted by Gasteiger charge is -2.16. The third-order valence-electron chi connectivity index (χ3n) is 6.91. The number of fused-ring (bicyclic) bond motifs is 1. The number of anilines is 1. The predicted octanol–water partition coefficient (Wildman–Crippen LogP) is 9.91. The van der Waals surface area contributed by atoms with Gasteiger partial charge >= 0.3 is 0 Å². The summed E-state index contributed by atoms with van der Waals surface area (Å²) in [6.45, 7) is 5.23. The molecule has 0 aliphatic rings. The van der Waals surface area contributed by atoms with Crippen molar-refractivity contribution in [3.05, 3.63) is 120 Å². The molecule has 0 spiro atoms. The van der Waals surface area contributed by atoms with Gasteiger partial charge in [0.2, 0.25) is 0 Å². The summed E-state index contributed by atoms with van der Waals surface area (Å²) in [6.07, 6.45) is 2.98. The molecule has 4 heteroatoms. The van der Waals surface area contributed by atoms with Gasteiger partial charge in [-0.2, -0.15) is 5.11 Å². The first-order valence-corrected chi connectivity index (χ1v) is 13.7. The van der Waals surface area contributed by atoms with Gasteiger partial charge in [0.1, 0.15) is 5.75 Å². The molecular formula is C35H35N3O. The van der Waals surface area contributed by atoms with Gasteiger partial charge in [-0.3, -0.25) is 0 Å². The van der Waals surface area contributed by atoms with E-state index in [0.717, 1.165) is 69.7 Å². The van der Waals surface area contributed by atoms with Crippen LogP contribution in [0.1, 0.15) is 37.8 Å². The Morgan fingerprint density at radius 2 is 1.41 bits per heavy atom. The number of nitrogens with zero attached hydrogens (tertiary/aromatic N) is 2. The normalized spacial score (nSPS) is 11.5. The standard InChI is InChI=1S/C35H35N3O/c1-25(2)11-10-22-39-29-20-18-26(19-21-29)23-27-24-33(30-14-6-7-16-32(30)35(27)36)31-15-8-9-17-34(31)38-37-28-12-4-3-5-13-28/h3-9,12-21,24-25H,10-11,22-23,36H2,1-2H3. The molecule has 0 amide bonds. The lowest BCUT2D eigenvalue weighted by molar-refractivity contribution is 0.297. The van der Waals surface area contributed by atoms with E-state index >= 15 is 0 Å². The van der Waals surface area contributed by atoms with E-state index in [4.69, 9.17) is 10.5 Å². The number of rotatable bonds is 10. The fraction of sp³-hybridized carbons (Fsp3) is 0.200. The van der Waals surface area contributed by atoms with Crippen LogP contribution in [-0.4, -0.2) is 6.61 Å². The summed E-state index contributed by atoms with van der Waals surface area (Å²) < 4.78 is 5.94. The topological polar surface area (TPSA) is 60.0 Å². The zero-order chi connectivity index (χ0) is 27.0. The van der Waals surface area contributed by atoms with Crippen LogP contribution >= 0.6 is 0 Å². The zero-order valence-corrected chi connectivity index (χ0v) is 22.7. The number of azo groups is 1. The Labute approximate surface area is 231 Å². The Bertz CT molecular complexity index is 1560. The summed E-state index contributed by atoms with van der Waals surface area (Å²) in [7, 11) is 0. The minimum atomic E-state index is 0.701. The largest absolute Gasteiger partial charge is 0.494 e. The van der Waals surface area contributed by atoms with Crippen molar-refractivity contribution in [2.75, 3.05) is 12.3 Å². The smallest absolute Gasteiger partial charge is 0.119 e. The third kappa shape index (κ3) is 6.53. The Balaban J connectivity index is 1.46. The summed E-state index contributed by atoms with van der Waals surface area (Å²) in [5.41, 5.74) is 13.6. The third-order valence-corrected chi connectivity index (χ3v) is 6.91. The van der Waals surface area contributed by atoms with E-state index in [2.05, 4.69) is 78.7 Å². The molecule has 0 atom stereocenters. The van der Waals surface area contributed by atoms with Crippen LogP contribution in [0.15, 0.2) is 119 Å². The Morgan fingerprint density at radius 1 is 0.718 bits per heavy atom. The van der Waals surface area contributed by atoms with Crippen LogP contribution in [0.4, 0.5) is 17.1 Å². The van der Waals surface area contributed by atoms with E-state index in [0.29, 0.717) is 5.92 Å². The SMILES string of the molecule is CC(C)CCCOc1ccc(Cc2cc(-c3ccccc3N=Nc3ccccc3)c3ccccc3c2N)cc1. The van der Waals surface area contributed by atoms with Crippen LogP contribution < -0.4 is 10.5 Å². The fourth-order valence-electron chi connectivity index (χ4n) is 4.82. The highest BCUT2D eigenvalue weighted by Crippen LogP contribution is 2.40. The number of benzene rings is 5. The molecule has 0 aliphatic carbocycles. The van der Waals surface area contributed by atoms with Crippen LogP contribution in [0.2, 0.25) is 0 Å². The fourth-order valence-corrected chi connectivity index (χ4v) is 4.82. The highest BCUT2D eigenvalue weighted by Gasteiger charge is 2.14. The van der Waals surface area contributed by atoms with Crippen molar-refractivity contribution >= 4 is 27.8 Å². The molecule has 0 aromatic heterocycles. The second-order valence-electron chi connectivity index (χ2n) is 10.3. The number of nitrogen functional groups attached to an aromatic ring is 1. The van der Waals surface area contributed by atoms with Gasteiger partial charge in [0.05, 0.1) is 18.0 Å². The first kappa shape index (κ1) is 26.2. The van der Waals surface area contributed by atoms with Crippen LogP contribution in [0, 0.1) is 5.92 Å². The lowest BCUT2D eigenvalue weighted by Crippen LogP contribution is -2.01. The average Bonchev–Trinajstić information content (AvgIpc) is 2.97.